The zero-order valence-corrected chi connectivity index (χ0v) is 11.3. The molecule has 17 heavy (non-hydrogen) atoms. The molecular weight excluding hydrogens is 261 g/mol. The molecular formula is C11H15Cl2N3O. The third kappa shape index (κ3) is 2.30. The van der Waals surface area contributed by atoms with Crippen molar-refractivity contribution in [1.29, 1.82) is 0 Å². The molecule has 2 heterocycles. The fourth-order valence-electron chi connectivity index (χ4n) is 2.04. The van der Waals surface area contributed by atoms with Crippen LogP contribution in [0, 0.1) is 0 Å². The van der Waals surface area contributed by atoms with Gasteiger partial charge in [0.2, 0.25) is 0 Å². The van der Waals surface area contributed by atoms with E-state index in [-0.39, 0.29) is 11.9 Å². The summed E-state index contributed by atoms with van der Waals surface area (Å²) >= 11 is 11.9. The molecule has 0 aliphatic carbocycles. The molecule has 1 atom stereocenters. The number of hydrogen-bond acceptors (Lipinski definition) is 2. The van der Waals surface area contributed by atoms with E-state index in [1.165, 1.54) is 0 Å². The number of piperazine rings is 1. The van der Waals surface area contributed by atoms with E-state index in [1.807, 2.05) is 11.8 Å². The largest absolute Gasteiger partial charge is 0.332 e. The van der Waals surface area contributed by atoms with Crippen molar-refractivity contribution in [2.45, 2.75) is 13.0 Å². The summed E-state index contributed by atoms with van der Waals surface area (Å²) < 4.78 is 1.63. The zero-order chi connectivity index (χ0) is 12.6. The molecule has 1 amide bonds. The van der Waals surface area contributed by atoms with Gasteiger partial charge in [-0.15, -0.1) is 0 Å². The molecule has 1 aliphatic rings. The molecule has 0 bridgehead atoms. The van der Waals surface area contributed by atoms with Gasteiger partial charge in [-0.3, -0.25) is 4.79 Å². The molecule has 0 spiro atoms. The second-order valence-corrected chi connectivity index (χ2v) is 5.04. The Balaban J connectivity index is 2.27. The number of amides is 1. The van der Waals surface area contributed by atoms with Crippen LogP contribution in [0.1, 0.15) is 17.4 Å². The first kappa shape index (κ1) is 12.7. The van der Waals surface area contributed by atoms with Crippen LogP contribution < -0.4 is 5.32 Å². The lowest BCUT2D eigenvalue weighted by molar-refractivity contribution is 0.0646. The van der Waals surface area contributed by atoms with Crippen LogP contribution in [0.4, 0.5) is 0 Å². The van der Waals surface area contributed by atoms with Crippen molar-refractivity contribution >= 4 is 29.1 Å². The molecule has 1 aromatic rings. The Morgan fingerprint density at radius 3 is 2.76 bits per heavy atom. The Labute approximate surface area is 110 Å². The molecule has 1 unspecified atom stereocenters. The van der Waals surface area contributed by atoms with Gasteiger partial charge in [0.25, 0.3) is 5.91 Å². The van der Waals surface area contributed by atoms with E-state index in [1.54, 1.807) is 17.7 Å². The molecule has 1 aromatic heterocycles. The highest BCUT2D eigenvalue weighted by Crippen LogP contribution is 2.26. The summed E-state index contributed by atoms with van der Waals surface area (Å²) in [6.07, 6.45) is 0. The highest BCUT2D eigenvalue weighted by Gasteiger charge is 2.26. The zero-order valence-electron chi connectivity index (χ0n) is 9.83. The van der Waals surface area contributed by atoms with Crippen LogP contribution in [-0.2, 0) is 7.05 Å². The summed E-state index contributed by atoms with van der Waals surface area (Å²) in [5.41, 5.74) is 0.536. The third-order valence-corrected chi connectivity index (χ3v) is 3.94. The fourth-order valence-corrected chi connectivity index (χ4v) is 2.41. The molecule has 4 nitrogen and oxygen atoms in total. The minimum absolute atomic E-state index is 0.0182. The predicted octanol–water partition coefficient (Wildman–Crippen LogP) is 1.77. The van der Waals surface area contributed by atoms with Gasteiger partial charge in [0.1, 0.15) is 10.8 Å². The van der Waals surface area contributed by atoms with E-state index in [0.29, 0.717) is 22.4 Å². The lowest BCUT2D eigenvalue weighted by Gasteiger charge is -2.34. The van der Waals surface area contributed by atoms with E-state index in [2.05, 4.69) is 5.32 Å². The van der Waals surface area contributed by atoms with Crippen molar-refractivity contribution in [3.63, 3.8) is 0 Å². The van der Waals surface area contributed by atoms with Gasteiger partial charge in [-0.2, -0.15) is 0 Å². The van der Waals surface area contributed by atoms with E-state index in [0.717, 1.165) is 13.1 Å². The Morgan fingerprint density at radius 1 is 1.53 bits per heavy atom. The SMILES string of the molecule is CC1CNCCN1C(=O)c1cc(Cl)c(Cl)n1C. The third-order valence-electron chi connectivity index (χ3n) is 3.10. The molecule has 1 saturated heterocycles. The number of rotatable bonds is 1. The fraction of sp³-hybridized carbons (Fsp3) is 0.545. The minimum Gasteiger partial charge on any atom is -0.332 e. The molecule has 0 saturated carbocycles. The van der Waals surface area contributed by atoms with Crippen molar-refractivity contribution in [2.75, 3.05) is 19.6 Å². The van der Waals surface area contributed by atoms with Gasteiger partial charge in [0.05, 0.1) is 5.02 Å². The van der Waals surface area contributed by atoms with Gasteiger partial charge in [-0.05, 0) is 13.0 Å². The maximum atomic E-state index is 12.4. The van der Waals surface area contributed by atoms with Crippen LogP contribution in [0.5, 0.6) is 0 Å². The summed E-state index contributed by atoms with van der Waals surface area (Å²) in [4.78, 5) is 14.2. The van der Waals surface area contributed by atoms with Gasteiger partial charge in [0, 0.05) is 32.7 Å². The number of aromatic nitrogens is 1. The van der Waals surface area contributed by atoms with Crippen molar-refractivity contribution < 1.29 is 4.79 Å². The van der Waals surface area contributed by atoms with Crippen molar-refractivity contribution in [1.82, 2.24) is 14.8 Å². The smallest absolute Gasteiger partial charge is 0.270 e. The molecule has 6 heteroatoms. The van der Waals surface area contributed by atoms with Gasteiger partial charge < -0.3 is 14.8 Å². The Kier molecular flexibility index (Phi) is 3.66. The summed E-state index contributed by atoms with van der Waals surface area (Å²) in [7, 11) is 1.74. The van der Waals surface area contributed by atoms with Gasteiger partial charge >= 0.3 is 0 Å². The molecule has 1 fully saturated rings. The van der Waals surface area contributed by atoms with Crippen molar-refractivity contribution in [3.05, 3.63) is 21.9 Å². The number of carbonyl (C=O) groups excluding carboxylic acids is 1. The lowest BCUT2D eigenvalue weighted by atomic mass is 10.2. The number of nitrogens with one attached hydrogen (secondary N) is 1. The minimum atomic E-state index is -0.0182. The first-order chi connectivity index (χ1) is 8.02. The van der Waals surface area contributed by atoms with Gasteiger partial charge in [-0.25, -0.2) is 0 Å². The summed E-state index contributed by atoms with van der Waals surface area (Å²) in [5, 5.41) is 4.07. The van der Waals surface area contributed by atoms with Crippen LogP contribution in [0.3, 0.4) is 0 Å². The topological polar surface area (TPSA) is 37.3 Å². The Hall–Kier alpha value is -0.710. The first-order valence-corrected chi connectivity index (χ1v) is 6.30. The van der Waals surface area contributed by atoms with Crippen LogP contribution >= 0.6 is 23.2 Å². The lowest BCUT2D eigenvalue weighted by Crippen LogP contribution is -2.52. The van der Waals surface area contributed by atoms with E-state index in [9.17, 15) is 4.79 Å². The van der Waals surface area contributed by atoms with Gasteiger partial charge in [0.15, 0.2) is 0 Å². The van der Waals surface area contributed by atoms with Crippen LogP contribution in [0.15, 0.2) is 6.07 Å². The highest BCUT2D eigenvalue weighted by molar-refractivity contribution is 6.41. The monoisotopic (exact) mass is 275 g/mol. The average Bonchev–Trinajstić information content (AvgIpc) is 2.57. The van der Waals surface area contributed by atoms with E-state index >= 15 is 0 Å². The Bertz CT molecular complexity index is 444. The van der Waals surface area contributed by atoms with Crippen molar-refractivity contribution in [2.24, 2.45) is 7.05 Å². The average molecular weight is 276 g/mol. The second-order valence-electron chi connectivity index (χ2n) is 4.28. The first-order valence-electron chi connectivity index (χ1n) is 5.54. The molecule has 0 aromatic carbocycles. The maximum absolute atomic E-state index is 12.4. The van der Waals surface area contributed by atoms with Crippen LogP contribution in [0.2, 0.25) is 10.2 Å². The molecule has 1 aliphatic heterocycles. The summed E-state index contributed by atoms with van der Waals surface area (Å²) in [5.74, 6) is -0.0182. The number of halogens is 2. The van der Waals surface area contributed by atoms with Crippen molar-refractivity contribution in [3.8, 4) is 0 Å². The molecule has 94 valence electrons. The molecule has 1 N–H and O–H groups in total. The number of nitrogens with zero attached hydrogens (tertiary/aromatic N) is 2. The predicted molar refractivity (Wildman–Crippen MR) is 68.8 cm³/mol. The van der Waals surface area contributed by atoms with Gasteiger partial charge in [-0.1, -0.05) is 23.2 Å². The number of carbonyl (C=O) groups is 1. The second kappa shape index (κ2) is 4.88. The standard InChI is InChI=1S/C11H15Cl2N3O/c1-7-6-14-3-4-16(7)11(17)9-5-8(12)10(13)15(9)2/h5,7,14H,3-4,6H2,1-2H3. The summed E-state index contributed by atoms with van der Waals surface area (Å²) in [6.45, 7) is 4.37. The van der Waals surface area contributed by atoms with E-state index in [4.69, 9.17) is 23.2 Å². The van der Waals surface area contributed by atoms with Crippen LogP contribution in [0.25, 0.3) is 0 Å². The maximum Gasteiger partial charge on any atom is 0.270 e. The van der Waals surface area contributed by atoms with Crippen LogP contribution in [-0.4, -0.2) is 41.1 Å². The highest BCUT2D eigenvalue weighted by atomic mass is 35.5. The number of hydrogen-bond donors (Lipinski definition) is 1. The normalized spacial score (nSPS) is 20.7. The molecule has 2 rings (SSSR count). The Morgan fingerprint density at radius 2 is 2.24 bits per heavy atom. The van der Waals surface area contributed by atoms with E-state index < -0.39 is 0 Å². The molecule has 0 radical (unpaired) electrons. The summed E-state index contributed by atoms with van der Waals surface area (Å²) in [6, 6.07) is 1.81. The quantitative estimate of drug-likeness (QED) is 0.848.